The van der Waals surface area contributed by atoms with E-state index in [4.69, 9.17) is 0 Å². The van der Waals surface area contributed by atoms with Gasteiger partial charge >= 0.3 is 0 Å². The number of piperidine rings is 1. The van der Waals surface area contributed by atoms with Gasteiger partial charge in [0.1, 0.15) is 11.5 Å². The molecule has 0 atom stereocenters. The lowest BCUT2D eigenvalue weighted by atomic mass is 9.95. The molecule has 1 aromatic carbocycles. The maximum absolute atomic E-state index is 14.2. The van der Waals surface area contributed by atoms with Gasteiger partial charge in [0.25, 0.3) is 5.91 Å². The summed E-state index contributed by atoms with van der Waals surface area (Å²) in [6.07, 6.45) is 3.37. The number of hydrogen-bond donors (Lipinski definition) is 1. The van der Waals surface area contributed by atoms with Crippen molar-refractivity contribution in [2.45, 2.75) is 45.6 Å². The molecule has 1 N–H and O–H groups in total. The molecule has 8 heteroatoms. The van der Waals surface area contributed by atoms with E-state index in [0.717, 1.165) is 25.0 Å². The lowest BCUT2D eigenvalue weighted by molar-refractivity contribution is -0.126. The molecule has 1 saturated carbocycles. The molecule has 2 aliphatic rings. The molecule has 4 rings (SSSR count). The number of hydrogen-bond acceptors (Lipinski definition) is 3. The summed E-state index contributed by atoms with van der Waals surface area (Å²) in [5.41, 5.74) is 1.52. The molecule has 6 nitrogen and oxygen atoms in total. The number of halogens is 2. The summed E-state index contributed by atoms with van der Waals surface area (Å²) in [6, 6.07) is 3.60. The van der Waals surface area contributed by atoms with E-state index < -0.39 is 11.6 Å². The number of rotatable bonds is 4. The molecular weight excluding hydrogens is 378 g/mol. The van der Waals surface area contributed by atoms with Crippen molar-refractivity contribution in [1.82, 2.24) is 20.0 Å². The monoisotopic (exact) mass is 402 g/mol. The first-order valence-corrected chi connectivity index (χ1v) is 9.96. The first-order valence-electron chi connectivity index (χ1n) is 9.96. The highest BCUT2D eigenvalue weighted by molar-refractivity contribution is 5.96. The van der Waals surface area contributed by atoms with Crippen LogP contribution in [0.5, 0.6) is 0 Å². The molecule has 154 valence electrons. The minimum Gasteiger partial charge on any atom is -0.353 e. The van der Waals surface area contributed by atoms with Crippen molar-refractivity contribution < 1.29 is 18.4 Å². The van der Waals surface area contributed by atoms with Crippen LogP contribution in [0.4, 0.5) is 8.78 Å². The highest BCUT2D eigenvalue weighted by Gasteiger charge is 2.33. The summed E-state index contributed by atoms with van der Waals surface area (Å²) in [5.74, 6) is -1.55. The second-order valence-corrected chi connectivity index (χ2v) is 7.90. The van der Waals surface area contributed by atoms with Gasteiger partial charge in [0.05, 0.1) is 17.0 Å². The standard InChI is InChI=1S/C21H24F2N4O2/c1-12-19(13(2)27(25-12)18-6-3-15(22)11-17(18)23)21(29)26-9-7-14(8-10-26)20(28)24-16-4-5-16/h3,6,11,14,16H,4-5,7-10H2,1-2H3,(H,24,28). The minimum absolute atomic E-state index is 0.0575. The number of aryl methyl sites for hydroxylation is 1. The Morgan fingerprint density at radius 3 is 2.41 bits per heavy atom. The van der Waals surface area contributed by atoms with E-state index in [-0.39, 0.29) is 23.4 Å². The summed E-state index contributed by atoms with van der Waals surface area (Å²) in [5, 5.41) is 7.34. The van der Waals surface area contributed by atoms with Gasteiger partial charge in [0.2, 0.25) is 5.91 Å². The molecule has 2 heterocycles. The van der Waals surface area contributed by atoms with Gasteiger partial charge in [-0.2, -0.15) is 5.10 Å². The summed E-state index contributed by atoms with van der Waals surface area (Å²) in [7, 11) is 0. The lowest BCUT2D eigenvalue weighted by Gasteiger charge is -2.31. The number of nitrogens with zero attached hydrogens (tertiary/aromatic N) is 3. The van der Waals surface area contributed by atoms with Crippen LogP contribution in [0.2, 0.25) is 0 Å². The van der Waals surface area contributed by atoms with Crippen LogP contribution in [0, 0.1) is 31.4 Å². The number of amides is 2. The molecule has 0 radical (unpaired) electrons. The number of carbonyl (C=O) groups excluding carboxylic acids is 2. The van der Waals surface area contributed by atoms with E-state index in [9.17, 15) is 18.4 Å². The smallest absolute Gasteiger partial charge is 0.257 e. The van der Waals surface area contributed by atoms with Crippen molar-refractivity contribution >= 4 is 11.8 Å². The summed E-state index contributed by atoms with van der Waals surface area (Å²) in [4.78, 5) is 27.1. The molecule has 1 saturated heterocycles. The predicted molar refractivity (Wildman–Crippen MR) is 103 cm³/mol. The van der Waals surface area contributed by atoms with Crippen molar-refractivity contribution in [3.8, 4) is 5.69 Å². The fourth-order valence-electron chi connectivity index (χ4n) is 3.89. The van der Waals surface area contributed by atoms with Crippen molar-refractivity contribution in [2.24, 2.45) is 5.92 Å². The third-order valence-corrected chi connectivity index (χ3v) is 5.72. The molecule has 2 aromatic rings. The predicted octanol–water partition coefficient (Wildman–Crippen LogP) is 2.90. The van der Waals surface area contributed by atoms with Crippen LogP contribution < -0.4 is 5.32 Å². The zero-order valence-corrected chi connectivity index (χ0v) is 16.5. The zero-order chi connectivity index (χ0) is 20.7. The Bertz CT molecular complexity index is 960. The van der Waals surface area contributed by atoms with Gasteiger partial charge in [-0.05, 0) is 51.7 Å². The molecule has 0 bridgehead atoms. The Labute approximate surface area is 167 Å². The fourth-order valence-corrected chi connectivity index (χ4v) is 3.89. The second-order valence-electron chi connectivity index (χ2n) is 7.90. The van der Waals surface area contributed by atoms with Gasteiger partial charge in [-0.15, -0.1) is 0 Å². The van der Waals surface area contributed by atoms with Gasteiger partial charge in [0.15, 0.2) is 5.82 Å². The van der Waals surface area contributed by atoms with E-state index in [0.29, 0.717) is 48.9 Å². The molecule has 2 amide bonds. The normalized spacial score (nSPS) is 17.4. The van der Waals surface area contributed by atoms with Crippen LogP contribution in [-0.4, -0.2) is 45.6 Å². The number of likely N-dealkylation sites (tertiary alicyclic amines) is 1. The van der Waals surface area contributed by atoms with Crippen molar-refractivity contribution in [2.75, 3.05) is 13.1 Å². The van der Waals surface area contributed by atoms with Gasteiger partial charge < -0.3 is 10.2 Å². The van der Waals surface area contributed by atoms with Crippen LogP contribution in [0.1, 0.15) is 47.4 Å². The van der Waals surface area contributed by atoms with Gasteiger partial charge in [-0.25, -0.2) is 13.5 Å². The van der Waals surface area contributed by atoms with E-state index in [2.05, 4.69) is 10.4 Å². The lowest BCUT2D eigenvalue weighted by Crippen LogP contribution is -2.43. The van der Waals surface area contributed by atoms with Crippen LogP contribution in [0.25, 0.3) is 5.69 Å². The third-order valence-electron chi connectivity index (χ3n) is 5.72. The topological polar surface area (TPSA) is 67.2 Å². The fraction of sp³-hybridized carbons (Fsp3) is 0.476. The first kappa shape index (κ1) is 19.5. The highest BCUT2D eigenvalue weighted by Crippen LogP contribution is 2.26. The SMILES string of the molecule is Cc1nn(-c2ccc(F)cc2F)c(C)c1C(=O)N1CCC(C(=O)NC2CC2)CC1. The Kier molecular flexibility index (Phi) is 5.10. The van der Waals surface area contributed by atoms with E-state index in [1.807, 2.05) is 0 Å². The van der Waals surface area contributed by atoms with Gasteiger partial charge in [0, 0.05) is 31.1 Å². The average molecular weight is 402 g/mol. The van der Waals surface area contributed by atoms with E-state index in [1.54, 1.807) is 18.7 Å². The van der Waals surface area contributed by atoms with E-state index in [1.165, 1.54) is 10.7 Å². The Balaban J connectivity index is 1.49. The molecule has 0 spiro atoms. The first-order chi connectivity index (χ1) is 13.8. The molecule has 1 aliphatic heterocycles. The summed E-state index contributed by atoms with van der Waals surface area (Å²) < 4.78 is 28.8. The van der Waals surface area contributed by atoms with Crippen LogP contribution in [0.15, 0.2) is 18.2 Å². The second kappa shape index (κ2) is 7.57. The Hall–Kier alpha value is -2.77. The Morgan fingerprint density at radius 2 is 1.79 bits per heavy atom. The molecular formula is C21H24F2N4O2. The van der Waals surface area contributed by atoms with Crippen LogP contribution in [-0.2, 0) is 4.79 Å². The van der Waals surface area contributed by atoms with Gasteiger partial charge in [-0.1, -0.05) is 0 Å². The Morgan fingerprint density at radius 1 is 1.10 bits per heavy atom. The largest absolute Gasteiger partial charge is 0.353 e. The molecule has 29 heavy (non-hydrogen) atoms. The maximum atomic E-state index is 14.2. The average Bonchev–Trinajstić information content (AvgIpc) is 3.45. The molecule has 1 aliphatic carbocycles. The number of nitrogens with one attached hydrogen (secondary N) is 1. The van der Waals surface area contributed by atoms with Crippen molar-refractivity contribution in [1.29, 1.82) is 0 Å². The van der Waals surface area contributed by atoms with Gasteiger partial charge in [-0.3, -0.25) is 9.59 Å². The molecule has 2 fully saturated rings. The third kappa shape index (κ3) is 3.88. The van der Waals surface area contributed by atoms with E-state index >= 15 is 0 Å². The van der Waals surface area contributed by atoms with Crippen molar-refractivity contribution in [3.63, 3.8) is 0 Å². The zero-order valence-electron chi connectivity index (χ0n) is 16.5. The van der Waals surface area contributed by atoms with Crippen LogP contribution in [0.3, 0.4) is 0 Å². The molecule has 0 unspecified atom stereocenters. The highest BCUT2D eigenvalue weighted by atomic mass is 19.1. The number of carbonyl (C=O) groups is 2. The minimum atomic E-state index is -0.739. The molecule has 1 aromatic heterocycles. The number of aromatic nitrogens is 2. The summed E-state index contributed by atoms with van der Waals surface area (Å²) >= 11 is 0. The van der Waals surface area contributed by atoms with Crippen molar-refractivity contribution in [3.05, 3.63) is 46.8 Å². The summed E-state index contributed by atoms with van der Waals surface area (Å²) in [6.45, 7) is 4.40. The maximum Gasteiger partial charge on any atom is 0.257 e. The number of benzene rings is 1. The van der Waals surface area contributed by atoms with Crippen LogP contribution >= 0.6 is 0 Å². The quantitative estimate of drug-likeness (QED) is 0.855.